The average molecular weight is 398 g/mol. The molecule has 144 valence electrons. The molecule has 0 aliphatic carbocycles. The zero-order chi connectivity index (χ0) is 19.5. The molecule has 1 aliphatic rings. The third-order valence-corrected chi connectivity index (χ3v) is 5.08. The van der Waals surface area contributed by atoms with E-state index in [-0.39, 0.29) is 24.1 Å². The summed E-state index contributed by atoms with van der Waals surface area (Å²) in [5.74, 6) is 0.298. The van der Waals surface area contributed by atoms with Crippen LogP contribution in [0.25, 0.3) is 10.9 Å². The highest BCUT2D eigenvalue weighted by atomic mass is 35.5. The van der Waals surface area contributed by atoms with Crippen LogP contribution >= 0.6 is 11.6 Å². The topological polar surface area (TPSA) is 75.3 Å². The molecule has 0 spiro atoms. The number of hydrogen-bond donors (Lipinski definition) is 1. The van der Waals surface area contributed by atoms with Crippen molar-refractivity contribution in [3.05, 3.63) is 75.3 Å². The minimum absolute atomic E-state index is 0.0107. The highest BCUT2D eigenvalue weighted by Gasteiger charge is 2.24. The van der Waals surface area contributed by atoms with Crippen LogP contribution in [-0.4, -0.2) is 40.0 Å². The fraction of sp³-hybridized carbons (Fsp3) is 0.286. The lowest BCUT2D eigenvalue weighted by Crippen LogP contribution is -2.37. The Bertz CT molecular complexity index is 1040. The lowest BCUT2D eigenvalue weighted by Gasteiger charge is -2.25. The molecule has 0 radical (unpaired) electrons. The molecule has 1 aliphatic heterocycles. The standard InChI is InChI=1S/C21H20ClN3O3/c22-15-9-7-14(8-10-15)21(27)25(12-16-4-3-11-28-16)13-19-23-18-6-2-1-5-17(18)20(26)24-19/h1-2,5-10,16H,3-4,11-13H2,(H,23,24,26). The summed E-state index contributed by atoms with van der Waals surface area (Å²) in [7, 11) is 0. The first-order chi connectivity index (χ1) is 13.6. The maximum Gasteiger partial charge on any atom is 0.258 e. The predicted octanol–water partition coefficient (Wildman–Crippen LogP) is 3.40. The van der Waals surface area contributed by atoms with Gasteiger partial charge >= 0.3 is 0 Å². The van der Waals surface area contributed by atoms with Gasteiger partial charge in [-0.3, -0.25) is 9.59 Å². The Morgan fingerprint density at radius 1 is 1.21 bits per heavy atom. The van der Waals surface area contributed by atoms with Crippen LogP contribution in [0.5, 0.6) is 0 Å². The molecule has 0 bridgehead atoms. The Kier molecular flexibility index (Phi) is 5.41. The Morgan fingerprint density at radius 3 is 2.75 bits per heavy atom. The third kappa shape index (κ3) is 4.08. The van der Waals surface area contributed by atoms with Gasteiger partial charge in [0.05, 0.1) is 23.6 Å². The van der Waals surface area contributed by atoms with Gasteiger partial charge in [0, 0.05) is 23.7 Å². The maximum absolute atomic E-state index is 13.1. The van der Waals surface area contributed by atoms with E-state index in [9.17, 15) is 9.59 Å². The smallest absolute Gasteiger partial charge is 0.258 e. The predicted molar refractivity (Wildman–Crippen MR) is 108 cm³/mol. The van der Waals surface area contributed by atoms with Crippen molar-refractivity contribution in [3.63, 3.8) is 0 Å². The van der Waals surface area contributed by atoms with Crippen molar-refractivity contribution in [3.8, 4) is 0 Å². The fourth-order valence-corrected chi connectivity index (χ4v) is 3.54. The number of ether oxygens (including phenoxy) is 1. The van der Waals surface area contributed by atoms with E-state index in [1.54, 1.807) is 47.4 Å². The first-order valence-electron chi connectivity index (χ1n) is 9.24. The van der Waals surface area contributed by atoms with Crippen LogP contribution in [0, 0.1) is 0 Å². The number of aromatic nitrogens is 2. The quantitative estimate of drug-likeness (QED) is 0.716. The molecule has 1 N–H and O–H groups in total. The zero-order valence-electron chi connectivity index (χ0n) is 15.2. The molecule has 2 heterocycles. The van der Waals surface area contributed by atoms with Gasteiger partial charge in [0.1, 0.15) is 5.82 Å². The first kappa shape index (κ1) is 18.7. The lowest BCUT2D eigenvalue weighted by atomic mass is 10.1. The lowest BCUT2D eigenvalue weighted by molar-refractivity contribution is 0.0501. The Balaban J connectivity index is 1.64. The molecule has 28 heavy (non-hydrogen) atoms. The summed E-state index contributed by atoms with van der Waals surface area (Å²) in [4.78, 5) is 34.5. The zero-order valence-corrected chi connectivity index (χ0v) is 16.0. The third-order valence-electron chi connectivity index (χ3n) is 4.83. The van der Waals surface area contributed by atoms with E-state index in [4.69, 9.17) is 16.3 Å². The van der Waals surface area contributed by atoms with Gasteiger partial charge in [0.15, 0.2) is 0 Å². The van der Waals surface area contributed by atoms with E-state index in [1.807, 2.05) is 6.07 Å². The van der Waals surface area contributed by atoms with Gasteiger partial charge < -0.3 is 14.6 Å². The number of fused-ring (bicyclic) bond motifs is 1. The minimum Gasteiger partial charge on any atom is -0.376 e. The van der Waals surface area contributed by atoms with Crippen LogP contribution in [0.4, 0.5) is 0 Å². The number of carbonyl (C=O) groups excluding carboxylic acids is 1. The second kappa shape index (κ2) is 8.12. The van der Waals surface area contributed by atoms with Gasteiger partial charge in [-0.1, -0.05) is 23.7 Å². The number of nitrogens with zero attached hydrogens (tertiary/aromatic N) is 2. The number of hydrogen-bond acceptors (Lipinski definition) is 4. The summed E-state index contributed by atoms with van der Waals surface area (Å²) in [5, 5.41) is 1.10. The summed E-state index contributed by atoms with van der Waals surface area (Å²) in [5.41, 5.74) is 0.930. The molecule has 1 atom stereocenters. The Morgan fingerprint density at radius 2 is 2.00 bits per heavy atom. The molecule has 6 nitrogen and oxygen atoms in total. The van der Waals surface area contributed by atoms with Crippen molar-refractivity contribution >= 4 is 28.4 Å². The van der Waals surface area contributed by atoms with Gasteiger partial charge in [0.2, 0.25) is 0 Å². The van der Waals surface area contributed by atoms with Crippen molar-refractivity contribution in [2.45, 2.75) is 25.5 Å². The van der Waals surface area contributed by atoms with Gasteiger partial charge in [-0.2, -0.15) is 0 Å². The van der Waals surface area contributed by atoms with Crippen LogP contribution in [0.15, 0.2) is 53.3 Å². The summed E-state index contributed by atoms with van der Waals surface area (Å²) < 4.78 is 5.71. The molecule has 2 aromatic carbocycles. The molecule has 1 aromatic heterocycles. The molecule has 0 saturated carbocycles. The van der Waals surface area contributed by atoms with Gasteiger partial charge in [-0.25, -0.2) is 4.98 Å². The van der Waals surface area contributed by atoms with Crippen molar-refractivity contribution in [2.75, 3.05) is 13.2 Å². The number of rotatable bonds is 5. The van der Waals surface area contributed by atoms with E-state index >= 15 is 0 Å². The SMILES string of the molecule is O=C(c1ccc(Cl)cc1)N(Cc1nc2ccccc2c(=O)[nH]1)CC1CCCO1. The molecular weight excluding hydrogens is 378 g/mol. The fourth-order valence-electron chi connectivity index (χ4n) is 3.42. The molecule has 1 fully saturated rings. The Labute approximate surface area is 167 Å². The van der Waals surface area contributed by atoms with Crippen LogP contribution in [0.2, 0.25) is 5.02 Å². The number of para-hydroxylation sites is 1. The van der Waals surface area contributed by atoms with Crippen LogP contribution < -0.4 is 5.56 Å². The average Bonchev–Trinajstić information content (AvgIpc) is 3.21. The van der Waals surface area contributed by atoms with Gasteiger partial charge in [-0.05, 0) is 49.2 Å². The summed E-state index contributed by atoms with van der Waals surface area (Å²) in [6, 6.07) is 13.9. The Hall–Kier alpha value is -2.70. The molecule has 1 saturated heterocycles. The van der Waals surface area contributed by atoms with Crippen molar-refractivity contribution in [1.82, 2.24) is 14.9 Å². The first-order valence-corrected chi connectivity index (χ1v) is 9.62. The normalized spacial score (nSPS) is 16.4. The summed E-state index contributed by atoms with van der Waals surface area (Å²) >= 11 is 5.94. The highest BCUT2D eigenvalue weighted by Crippen LogP contribution is 2.18. The highest BCUT2D eigenvalue weighted by molar-refractivity contribution is 6.30. The maximum atomic E-state index is 13.1. The molecule has 1 amide bonds. The molecule has 7 heteroatoms. The number of carbonyl (C=O) groups is 1. The molecule has 1 unspecified atom stereocenters. The monoisotopic (exact) mass is 397 g/mol. The van der Waals surface area contributed by atoms with Gasteiger partial charge in [0.25, 0.3) is 11.5 Å². The minimum atomic E-state index is -0.211. The van der Waals surface area contributed by atoms with E-state index in [0.29, 0.717) is 40.5 Å². The summed E-state index contributed by atoms with van der Waals surface area (Å²) in [6.45, 7) is 1.35. The van der Waals surface area contributed by atoms with Crippen molar-refractivity contribution in [2.24, 2.45) is 0 Å². The molecule has 4 rings (SSSR count). The van der Waals surface area contributed by atoms with E-state index in [2.05, 4.69) is 9.97 Å². The van der Waals surface area contributed by atoms with E-state index < -0.39 is 0 Å². The second-order valence-electron chi connectivity index (χ2n) is 6.86. The van der Waals surface area contributed by atoms with Crippen molar-refractivity contribution < 1.29 is 9.53 Å². The number of amides is 1. The number of aromatic amines is 1. The number of benzene rings is 2. The van der Waals surface area contributed by atoms with Crippen LogP contribution in [0.3, 0.4) is 0 Å². The van der Waals surface area contributed by atoms with Crippen LogP contribution in [-0.2, 0) is 11.3 Å². The van der Waals surface area contributed by atoms with E-state index in [1.165, 1.54) is 0 Å². The summed E-state index contributed by atoms with van der Waals surface area (Å²) in [6.07, 6.45) is 1.88. The van der Waals surface area contributed by atoms with Gasteiger partial charge in [-0.15, -0.1) is 0 Å². The number of nitrogens with one attached hydrogen (secondary N) is 1. The molecular formula is C21H20ClN3O3. The van der Waals surface area contributed by atoms with Crippen molar-refractivity contribution in [1.29, 1.82) is 0 Å². The number of halogens is 1. The van der Waals surface area contributed by atoms with E-state index in [0.717, 1.165) is 12.8 Å². The largest absolute Gasteiger partial charge is 0.376 e. The second-order valence-corrected chi connectivity index (χ2v) is 7.29. The number of H-pyrrole nitrogens is 1. The van der Waals surface area contributed by atoms with Crippen LogP contribution in [0.1, 0.15) is 29.0 Å². The molecule has 3 aromatic rings.